The van der Waals surface area contributed by atoms with Crippen molar-refractivity contribution in [2.24, 2.45) is 5.92 Å². The molecule has 0 aromatic heterocycles. The van der Waals surface area contributed by atoms with Crippen molar-refractivity contribution in [1.82, 2.24) is 4.90 Å². The molecule has 0 spiro atoms. The lowest BCUT2D eigenvalue weighted by atomic mass is 9.97. The molecule has 0 bridgehead atoms. The molecule has 1 aliphatic heterocycles. The Morgan fingerprint density at radius 2 is 1.90 bits per heavy atom. The smallest absolute Gasteiger partial charge is 0.349 e. The minimum absolute atomic E-state index is 0.0386. The van der Waals surface area contributed by atoms with E-state index in [2.05, 4.69) is 0 Å². The molecule has 0 radical (unpaired) electrons. The van der Waals surface area contributed by atoms with Crippen LogP contribution in [0.4, 0.5) is 8.78 Å². The molecule has 2 rings (SSSR count). The maximum Gasteiger partial charge on any atom is 0.349 e. The number of hydrogen-bond donors (Lipinski definition) is 1. The van der Waals surface area contributed by atoms with E-state index in [1.807, 2.05) is 0 Å². The fourth-order valence-electron chi connectivity index (χ4n) is 2.44. The molecule has 0 aliphatic carbocycles. The number of aliphatic hydroxyl groups excluding tert-OH is 1. The van der Waals surface area contributed by atoms with Gasteiger partial charge in [0.2, 0.25) is 0 Å². The molecule has 0 unspecified atom stereocenters. The molecular formula is C15H19F2NO3. The number of piperidine rings is 1. The van der Waals surface area contributed by atoms with Crippen LogP contribution in [0.1, 0.15) is 18.4 Å². The van der Waals surface area contributed by atoms with Crippen LogP contribution in [0.25, 0.3) is 0 Å². The van der Waals surface area contributed by atoms with Gasteiger partial charge in [0.05, 0.1) is 7.11 Å². The van der Waals surface area contributed by atoms with Crippen LogP contribution in [0.15, 0.2) is 24.3 Å². The van der Waals surface area contributed by atoms with Crippen LogP contribution in [0.5, 0.6) is 5.75 Å². The van der Waals surface area contributed by atoms with Crippen molar-refractivity contribution in [1.29, 1.82) is 0 Å². The maximum atomic E-state index is 14.3. The first-order valence-electron chi connectivity index (χ1n) is 6.91. The summed E-state index contributed by atoms with van der Waals surface area (Å²) in [5.41, 5.74) is -0.336. The molecule has 0 saturated carbocycles. The topological polar surface area (TPSA) is 49.8 Å². The maximum absolute atomic E-state index is 14.3. The number of hydrogen-bond acceptors (Lipinski definition) is 3. The number of benzene rings is 1. The number of amides is 1. The first-order chi connectivity index (χ1) is 9.98. The fourth-order valence-corrected chi connectivity index (χ4v) is 2.44. The number of halogens is 2. The van der Waals surface area contributed by atoms with E-state index in [9.17, 15) is 13.6 Å². The Kier molecular flexibility index (Phi) is 4.77. The molecule has 116 valence electrons. The zero-order valence-corrected chi connectivity index (χ0v) is 11.9. The quantitative estimate of drug-likeness (QED) is 0.925. The van der Waals surface area contributed by atoms with Gasteiger partial charge in [-0.1, -0.05) is 0 Å². The summed E-state index contributed by atoms with van der Waals surface area (Å²) in [6.45, 7) is 0.558. The van der Waals surface area contributed by atoms with Gasteiger partial charge in [0.1, 0.15) is 5.75 Å². The highest BCUT2D eigenvalue weighted by Crippen LogP contribution is 2.32. The third kappa shape index (κ3) is 3.32. The highest BCUT2D eigenvalue weighted by atomic mass is 19.3. The zero-order chi connectivity index (χ0) is 15.5. The van der Waals surface area contributed by atoms with Gasteiger partial charge in [0.25, 0.3) is 5.91 Å². The Morgan fingerprint density at radius 1 is 1.33 bits per heavy atom. The van der Waals surface area contributed by atoms with Crippen LogP contribution in [0.2, 0.25) is 0 Å². The molecule has 1 aromatic rings. The number of carbonyl (C=O) groups excluding carboxylic acids is 1. The first-order valence-corrected chi connectivity index (χ1v) is 6.91. The predicted molar refractivity (Wildman–Crippen MR) is 73.3 cm³/mol. The van der Waals surface area contributed by atoms with Gasteiger partial charge in [-0.15, -0.1) is 0 Å². The summed E-state index contributed by atoms with van der Waals surface area (Å²) < 4.78 is 33.5. The lowest BCUT2D eigenvalue weighted by Crippen LogP contribution is -2.46. The number of carbonyl (C=O) groups is 1. The molecule has 1 N–H and O–H groups in total. The highest BCUT2D eigenvalue weighted by molar-refractivity contribution is 5.85. The minimum atomic E-state index is -3.54. The lowest BCUT2D eigenvalue weighted by Gasteiger charge is -2.33. The summed E-state index contributed by atoms with van der Waals surface area (Å²) in [7, 11) is 1.45. The summed E-state index contributed by atoms with van der Waals surface area (Å²) in [4.78, 5) is 13.2. The van der Waals surface area contributed by atoms with E-state index in [-0.39, 0.29) is 31.2 Å². The third-order valence-electron chi connectivity index (χ3n) is 3.88. The van der Waals surface area contributed by atoms with Crippen LogP contribution in [0.3, 0.4) is 0 Å². The van der Waals surface area contributed by atoms with Crippen LogP contribution >= 0.6 is 0 Å². The van der Waals surface area contributed by atoms with Gasteiger partial charge >= 0.3 is 5.92 Å². The van der Waals surface area contributed by atoms with Crippen molar-refractivity contribution in [3.63, 3.8) is 0 Å². The van der Waals surface area contributed by atoms with Crippen LogP contribution < -0.4 is 4.74 Å². The Morgan fingerprint density at radius 3 is 2.38 bits per heavy atom. The normalized spacial score (nSPS) is 16.9. The van der Waals surface area contributed by atoms with Gasteiger partial charge in [-0.05, 0) is 43.0 Å². The van der Waals surface area contributed by atoms with E-state index in [1.54, 1.807) is 0 Å². The second-order valence-electron chi connectivity index (χ2n) is 5.22. The van der Waals surface area contributed by atoms with E-state index >= 15 is 0 Å². The van der Waals surface area contributed by atoms with E-state index < -0.39 is 11.8 Å². The molecule has 1 heterocycles. The van der Waals surface area contributed by atoms with Gasteiger partial charge in [0, 0.05) is 25.3 Å². The first kappa shape index (κ1) is 15.7. The fraction of sp³-hybridized carbons (Fsp3) is 0.533. The van der Waals surface area contributed by atoms with Crippen molar-refractivity contribution in [3.8, 4) is 5.75 Å². The van der Waals surface area contributed by atoms with Gasteiger partial charge in [-0.25, -0.2) is 0 Å². The highest BCUT2D eigenvalue weighted by Gasteiger charge is 2.44. The Balaban J connectivity index is 2.09. The number of ether oxygens (including phenoxy) is 1. The van der Waals surface area contributed by atoms with E-state index in [4.69, 9.17) is 9.84 Å². The van der Waals surface area contributed by atoms with Crippen molar-refractivity contribution in [2.75, 3.05) is 26.8 Å². The minimum Gasteiger partial charge on any atom is -0.497 e. The Labute approximate surface area is 122 Å². The summed E-state index contributed by atoms with van der Waals surface area (Å²) >= 11 is 0. The number of nitrogens with zero attached hydrogens (tertiary/aromatic N) is 1. The molecule has 1 aliphatic rings. The molecule has 6 heteroatoms. The van der Waals surface area contributed by atoms with Gasteiger partial charge in [-0.3, -0.25) is 4.79 Å². The van der Waals surface area contributed by atoms with Crippen molar-refractivity contribution in [2.45, 2.75) is 18.8 Å². The molecular weight excluding hydrogens is 280 g/mol. The molecule has 1 fully saturated rings. The number of alkyl halides is 2. The van der Waals surface area contributed by atoms with E-state index in [0.29, 0.717) is 18.6 Å². The SMILES string of the molecule is COc1ccc(C(F)(F)C(=O)N2CCC(CO)CC2)cc1. The Bertz CT molecular complexity index is 482. The zero-order valence-electron chi connectivity index (χ0n) is 11.9. The monoisotopic (exact) mass is 299 g/mol. The van der Waals surface area contributed by atoms with Crippen LogP contribution in [-0.4, -0.2) is 42.7 Å². The van der Waals surface area contributed by atoms with E-state index in [1.165, 1.54) is 36.3 Å². The molecule has 0 atom stereocenters. The van der Waals surface area contributed by atoms with Crippen LogP contribution in [-0.2, 0) is 10.7 Å². The number of likely N-dealkylation sites (tertiary alicyclic amines) is 1. The average molecular weight is 299 g/mol. The van der Waals surface area contributed by atoms with Crippen molar-refractivity contribution < 1.29 is 23.4 Å². The molecule has 1 amide bonds. The number of aliphatic hydroxyl groups is 1. The second-order valence-corrected chi connectivity index (χ2v) is 5.22. The molecule has 1 saturated heterocycles. The summed E-state index contributed by atoms with van der Waals surface area (Å²) in [6.07, 6.45) is 1.11. The number of methoxy groups -OCH3 is 1. The van der Waals surface area contributed by atoms with Gasteiger partial charge in [-0.2, -0.15) is 8.78 Å². The van der Waals surface area contributed by atoms with Gasteiger partial charge < -0.3 is 14.7 Å². The summed E-state index contributed by atoms with van der Waals surface area (Å²) in [6, 6.07) is 5.23. The third-order valence-corrected chi connectivity index (χ3v) is 3.88. The largest absolute Gasteiger partial charge is 0.497 e. The standard InChI is InChI=1S/C15H19F2NO3/c1-21-13-4-2-12(3-5-13)15(16,17)14(20)18-8-6-11(10-19)7-9-18/h2-5,11,19H,6-10H2,1H3. The van der Waals surface area contributed by atoms with Crippen molar-refractivity contribution in [3.05, 3.63) is 29.8 Å². The van der Waals surface area contributed by atoms with Crippen molar-refractivity contribution >= 4 is 5.91 Å². The van der Waals surface area contributed by atoms with Gasteiger partial charge in [0.15, 0.2) is 0 Å². The second kappa shape index (κ2) is 6.39. The number of rotatable bonds is 4. The lowest BCUT2D eigenvalue weighted by molar-refractivity contribution is -0.160. The molecule has 4 nitrogen and oxygen atoms in total. The molecule has 21 heavy (non-hydrogen) atoms. The van der Waals surface area contributed by atoms with Crippen LogP contribution in [0, 0.1) is 5.92 Å². The summed E-state index contributed by atoms with van der Waals surface area (Å²) in [5, 5.41) is 9.04. The summed E-state index contributed by atoms with van der Waals surface area (Å²) in [5.74, 6) is -4.16. The van der Waals surface area contributed by atoms with E-state index in [0.717, 1.165) is 0 Å². The predicted octanol–water partition coefficient (Wildman–Crippen LogP) is 2.02. The molecule has 1 aromatic carbocycles. The Hall–Kier alpha value is -1.69. The average Bonchev–Trinajstić information content (AvgIpc) is 2.54.